The average molecular weight is 284 g/mol. The van der Waals surface area contributed by atoms with Crippen LogP contribution in [0.15, 0.2) is 35.1 Å². The van der Waals surface area contributed by atoms with Crippen LogP contribution in [0.2, 0.25) is 0 Å². The molecule has 1 saturated carbocycles. The van der Waals surface area contributed by atoms with E-state index < -0.39 is 0 Å². The van der Waals surface area contributed by atoms with Crippen LogP contribution in [0, 0.1) is 11.8 Å². The zero-order valence-electron chi connectivity index (χ0n) is 12.7. The third kappa shape index (κ3) is 2.97. The number of nitrogens with two attached hydrogens (primary N) is 1. The van der Waals surface area contributed by atoms with Gasteiger partial charge in [0, 0.05) is 11.9 Å². The third-order valence-electron chi connectivity index (χ3n) is 4.86. The SMILES string of the molecule is CC1CCCC(CCn2c(N)cc3ccccc3c2=O)C1. The van der Waals surface area contributed by atoms with Gasteiger partial charge in [-0.15, -0.1) is 0 Å². The Hall–Kier alpha value is -1.77. The summed E-state index contributed by atoms with van der Waals surface area (Å²) in [6.45, 7) is 3.08. The molecule has 1 aliphatic carbocycles. The number of benzene rings is 1. The van der Waals surface area contributed by atoms with Crippen molar-refractivity contribution in [3.8, 4) is 0 Å². The highest BCUT2D eigenvalue weighted by Crippen LogP contribution is 2.31. The molecule has 2 aromatic rings. The molecule has 0 saturated heterocycles. The summed E-state index contributed by atoms with van der Waals surface area (Å²) >= 11 is 0. The molecule has 3 rings (SSSR count). The Morgan fingerprint density at radius 1 is 1.29 bits per heavy atom. The first-order chi connectivity index (χ1) is 10.1. The summed E-state index contributed by atoms with van der Waals surface area (Å²) in [5.74, 6) is 2.16. The first-order valence-corrected chi connectivity index (χ1v) is 8.03. The second-order valence-electron chi connectivity index (χ2n) is 6.54. The Morgan fingerprint density at radius 3 is 2.90 bits per heavy atom. The molecule has 1 heterocycles. The van der Waals surface area contributed by atoms with E-state index in [4.69, 9.17) is 5.73 Å². The van der Waals surface area contributed by atoms with Crippen molar-refractivity contribution < 1.29 is 0 Å². The van der Waals surface area contributed by atoms with E-state index in [1.165, 1.54) is 25.7 Å². The van der Waals surface area contributed by atoms with Gasteiger partial charge in [0.1, 0.15) is 5.82 Å². The summed E-state index contributed by atoms with van der Waals surface area (Å²) in [5, 5.41) is 1.70. The molecule has 0 aliphatic heterocycles. The highest BCUT2D eigenvalue weighted by Gasteiger charge is 2.19. The first kappa shape index (κ1) is 14.2. The largest absolute Gasteiger partial charge is 0.385 e. The van der Waals surface area contributed by atoms with E-state index in [1.807, 2.05) is 30.3 Å². The van der Waals surface area contributed by atoms with E-state index in [2.05, 4.69) is 6.92 Å². The minimum absolute atomic E-state index is 0.0504. The molecule has 112 valence electrons. The molecular weight excluding hydrogens is 260 g/mol. The van der Waals surface area contributed by atoms with Crippen molar-refractivity contribution in [2.45, 2.75) is 45.6 Å². The molecule has 2 unspecified atom stereocenters. The van der Waals surface area contributed by atoms with Crippen LogP contribution in [0.1, 0.15) is 39.0 Å². The molecule has 0 radical (unpaired) electrons. The summed E-state index contributed by atoms with van der Waals surface area (Å²) in [5.41, 5.74) is 6.14. The number of hydrogen-bond acceptors (Lipinski definition) is 2. The highest BCUT2D eigenvalue weighted by molar-refractivity contribution is 5.83. The quantitative estimate of drug-likeness (QED) is 0.932. The Bertz CT molecular complexity index is 689. The Morgan fingerprint density at radius 2 is 2.10 bits per heavy atom. The number of rotatable bonds is 3. The van der Waals surface area contributed by atoms with Gasteiger partial charge in [0.25, 0.3) is 5.56 Å². The zero-order valence-corrected chi connectivity index (χ0v) is 12.7. The van der Waals surface area contributed by atoms with Gasteiger partial charge in [-0.2, -0.15) is 0 Å². The van der Waals surface area contributed by atoms with Gasteiger partial charge >= 0.3 is 0 Å². The lowest BCUT2D eigenvalue weighted by molar-refractivity contribution is 0.261. The molecule has 0 bridgehead atoms. The Kier molecular flexibility index (Phi) is 4.00. The predicted octanol–water partition coefficient (Wildman–Crippen LogP) is 3.80. The number of hydrogen-bond donors (Lipinski definition) is 1. The van der Waals surface area contributed by atoms with Crippen LogP contribution in [0.5, 0.6) is 0 Å². The average Bonchev–Trinajstić information content (AvgIpc) is 2.47. The second kappa shape index (κ2) is 5.92. The van der Waals surface area contributed by atoms with Crippen LogP contribution >= 0.6 is 0 Å². The summed E-state index contributed by atoms with van der Waals surface area (Å²) in [6.07, 6.45) is 6.34. The molecule has 3 heteroatoms. The summed E-state index contributed by atoms with van der Waals surface area (Å²) in [4.78, 5) is 12.6. The lowest BCUT2D eigenvalue weighted by atomic mass is 9.81. The zero-order chi connectivity index (χ0) is 14.8. The fourth-order valence-corrected chi connectivity index (χ4v) is 3.68. The number of fused-ring (bicyclic) bond motifs is 1. The van der Waals surface area contributed by atoms with E-state index in [0.29, 0.717) is 5.82 Å². The maximum Gasteiger partial charge on any atom is 0.259 e. The smallest absolute Gasteiger partial charge is 0.259 e. The summed E-state index contributed by atoms with van der Waals surface area (Å²) in [7, 11) is 0. The first-order valence-electron chi connectivity index (χ1n) is 8.03. The van der Waals surface area contributed by atoms with Gasteiger partial charge in [0.15, 0.2) is 0 Å². The topological polar surface area (TPSA) is 48.0 Å². The maximum atomic E-state index is 12.6. The van der Waals surface area contributed by atoms with Crippen LogP contribution in [0.25, 0.3) is 10.8 Å². The molecule has 0 amide bonds. The summed E-state index contributed by atoms with van der Waals surface area (Å²) in [6, 6.07) is 9.60. The Labute approximate surface area is 125 Å². The standard InChI is InChI=1S/C18H24N2O/c1-13-5-4-6-14(11-13)9-10-20-17(19)12-15-7-2-3-8-16(15)18(20)21/h2-3,7-8,12-14H,4-6,9-11,19H2,1H3. The van der Waals surface area contributed by atoms with Gasteiger partial charge in [0.2, 0.25) is 0 Å². The van der Waals surface area contributed by atoms with E-state index in [9.17, 15) is 4.79 Å². The number of anilines is 1. The van der Waals surface area contributed by atoms with E-state index in [0.717, 1.165) is 35.6 Å². The van der Waals surface area contributed by atoms with Crippen molar-refractivity contribution in [3.05, 3.63) is 40.7 Å². The maximum absolute atomic E-state index is 12.6. The fourth-order valence-electron chi connectivity index (χ4n) is 3.68. The molecule has 1 aromatic heterocycles. The summed E-state index contributed by atoms with van der Waals surface area (Å²) < 4.78 is 1.75. The van der Waals surface area contributed by atoms with Crippen LogP contribution < -0.4 is 11.3 Å². The molecular formula is C18H24N2O. The highest BCUT2D eigenvalue weighted by atomic mass is 16.1. The molecule has 21 heavy (non-hydrogen) atoms. The van der Waals surface area contributed by atoms with Gasteiger partial charge in [-0.3, -0.25) is 9.36 Å². The van der Waals surface area contributed by atoms with Crippen molar-refractivity contribution in [1.82, 2.24) is 4.57 Å². The van der Waals surface area contributed by atoms with E-state index in [1.54, 1.807) is 4.57 Å². The Balaban J connectivity index is 1.82. The monoisotopic (exact) mass is 284 g/mol. The minimum Gasteiger partial charge on any atom is -0.385 e. The van der Waals surface area contributed by atoms with Gasteiger partial charge in [-0.25, -0.2) is 0 Å². The molecule has 1 aromatic carbocycles. The molecule has 1 fully saturated rings. The molecule has 0 spiro atoms. The van der Waals surface area contributed by atoms with E-state index in [-0.39, 0.29) is 5.56 Å². The predicted molar refractivity (Wildman–Crippen MR) is 88.4 cm³/mol. The van der Waals surface area contributed by atoms with Crippen LogP contribution in [-0.4, -0.2) is 4.57 Å². The lowest BCUT2D eigenvalue weighted by Gasteiger charge is -2.27. The van der Waals surface area contributed by atoms with Gasteiger partial charge in [-0.1, -0.05) is 44.4 Å². The second-order valence-corrected chi connectivity index (χ2v) is 6.54. The number of nitrogens with zero attached hydrogens (tertiary/aromatic N) is 1. The van der Waals surface area contributed by atoms with Crippen molar-refractivity contribution >= 4 is 16.6 Å². The molecule has 1 aliphatic rings. The lowest BCUT2D eigenvalue weighted by Crippen LogP contribution is -2.25. The minimum atomic E-state index is 0.0504. The normalized spacial score (nSPS) is 22.5. The molecule has 3 nitrogen and oxygen atoms in total. The van der Waals surface area contributed by atoms with Crippen LogP contribution in [-0.2, 0) is 6.54 Å². The van der Waals surface area contributed by atoms with E-state index >= 15 is 0 Å². The molecule has 2 N–H and O–H groups in total. The van der Waals surface area contributed by atoms with Crippen LogP contribution in [0.4, 0.5) is 5.82 Å². The number of nitrogen functional groups attached to an aromatic ring is 1. The van der Waals surface area contributed by atoms with Crippen molar-refractivity contribution in [3.63, 3.8) is 0 Å². The van der Waals surface area contributed by atoms with Crippen LogP contribution in [0.3, 0.4) is 0 Å². The number of aromatic nitrogens is 1. The van der Waals surface area contributed by atoms with Crippen molar-refractivity contribution in [2.24, 2.45) is 11.8 Å². The van der Waals surface area contributed by atoms with Crippen molar-refractivity contribution in [1.29, 1.82) is 0 Å². The van der Waals surface area contributed by atoms with Gasteiger partial charge in [-0.05, 0) is 42.2 Å². The van der Waals surface area contributed by atoms with Crippen molar-refractivity contribution in [2.75, 3.05) is 5.73 Å². The molecule has 2 atom stereocenters. The fraction of sp³-hybridized carbons (Fsp3) is 0.500. The number of pyridine rings is 1. The third-order valence-corrected chi connectivity index (χ3v) is 4.86. The van der Waals surface area contributed by atoms with Gasteiger partial charge < -0.3 is 5.73 Å². The van der Waals surface area contributed by atoms with Gasteiger partial charge in [0.05, 0.1) is 0 Å².